The van der Waals surface area contributed by atoms with Crippen LogP contribution in [0.25, 0.3) is 0 Å². The van der Waals surface area contributed by atoms with Gasteiger partial charge < -0.3 is 10.2 Å². The number of nitrogens with one attached hydrogen (secondary N) is 1. The van der Waals surface area contributed by atoms with E-state index in [1.165, 1.54) is 25.7 Å². The van der Waals surface area contributed by atoms with Crippen molar-refractivity contribution in [1.82, 2.24) is 15.3 Å². The van der Waals surface area contributed by atoms with Crippen LogP contribution in [-0.4, -0.2) is 35.5 Å². The van der Waals surface area contributed by atoms with Crippen molar-refractivity contribution in [2.75, 3.05) is 18.5 Å². The molecule has 0 saturated heterocycles. The fourth-order valence-electron chi connectivity index (χ4n) is 2.84. The predicted octanol–water partition coefficient (Wildman–Crippen LogP) is 3.17. The maximum absolute atomic E-state index is 12.4. The van der Waals surface area contributed by atoms with Gasteiger partial charge in [0.2, 0.25) is 5.95 Å². The zero-order valence-electron chi connectivity index (χ0n) is 13.8. The Morgan fingerprint density at radius 1 is 1.32 bits per heavy atom. The summed E-state index contributed by atoms with van der Waals surface area (Å²) in [5.41, 5.74) is 0.470. The van der Waals surface area contributed by atoms with Crippen LogP contribution in [0.5, 0.6) is 0 Å². The van der Waals surface area contributed by atoms with Crippen LogP contribution in [0.4, 0.5) is 5.95 Å². The Labute approximate surface area is 133 Å². The Morgan fingerprint density at radius 2 is 2.05 bits per heavy atom. The predicted molar refractivity (Wildman–Crippen MR) is 89.2 cm³/mol. The summed E-state index contributed by atoms with van der Waals surface area (Å²) >= 11 is 0. The molecule has 1 fully saturated rings. The van der Waals surface area contributed by atoms with Crippen molar-refractivity contribution in [2.24, 2.45) is 0 Å². The Bertz CT molecular complexity index is 469. The lowest BCUT2D eigenvalue weighted by atomic mass is 10.1. The van der Waals surface area contributed by atoms with E-state index in [2.05, 4.69) is 22.2 Å². The highest BCUT2D eigenvalue weighted by Crippen LogP contribution is 2.17. The first-order valence-electron chi connectivity index (χ1n) is 8.55. The standard InChI is InChI=1S/C17H28N4O/c1-3-4-13-21(2)17-18-12-11-15(20-17)16(22)19-14-9-7-5-6-8-10-14/h11-12,14H,3-10,13H2,1-2H3,(H,19,22). The van der Waals surface area contributed by atoms with E-state index in [0.717, 1.165) is 32.2 Å². The number of nitrogens with zero attached hydrogens (tertiary/aromatic N) is 3. The van der Waals surface area contributed by atoms with Gasteiger partial charge in [0.05, 0.1) is 0 Å². The first-order chi connectivity index (χ1) is 10.7. The van der Waals surface area contributed by atoms with Gasteiger partial charge in [-0.3, -0.25) is 4.79 Å². The summed E-state index contributed by atoms with van der Waals surface area (Å²) in [7, 11) is 1.97. The van der Waals surface area contributed by atoms with Gasteiger partial charge in [0.15, 0.2) is 0 Å². The smallest absolute Gasteiger partial charge is 0.270 e. The van der Waals surface area contributed by atoms with Crippen LogP contribution in [0.3, 0.4) is 0 Å². The second-order valence-corrected chi connectivity index (χ2v) is 6.18. The van der Waals surface area contributed by atoms with Gasteiger partial charge in [-0.1, -0.05) is 39.0 Å². The monoisotopic (exact) mass is 304 g/mol. The third-order valence-corrected chi connectivity index (χ3v) is 4.25. The molecule has 0 aromatic carbocycles. The highest BCUT2D eigenvalue weighted by atomic mass is 16.1. The summed E-state index contributed by atoms with van der Waals surface area (Å²) < 4.78 is 0. The molecule has 1 aromatic rings. The van der Waals surface area contributed by atoms with Gasteiger partial charge in [-0.2, -0.15) is 0 Å². The molecule has 1 heterocycles. The Kier molecular flexibility index (Phi) is 6.62. The largest absolute Gasteiger partial charge is 0.348 e. The van der Waals surface area contributed by atoms with E-state index in [0.29, 0.717) is 17.7 Å². The van der Waals surface area contributed by atoms with Crippen LogP contribution in [-0.2, 0) is 0 Å². The number of carbonyl (C=O) groups is 1. The van der Waals surface area contributed by atoms with E-state index < -0.39 is 0 Å². The minimum Gasteiger partial charge on any atom is -0.348 e. The minimum absolute atomic E-state index is 0.0700. The van der Waals surface area contributed by atoms with Gasteiger partial charge in [-0.25, -0.2) is 9.97 Å². The molecule has 1 aromatic heterocycles. The summed E-state index contributed by atoms with van der Waals surface area (Å²) in [6.45, 7) is 3.06. The van der Waals surface area contributed by atoms with E-state index in [-0.39, 0.29) is 5.91 Å². The average Bonchev–Trinajstić information content (AvgIpc) is 2.81. The number of hydrogen-bond acceptors (Lipinski definition) is 4. The quantitative estimate of drug-likeness (QED) is 0.820. The molecule has 0 radical (unpaired) electrons. The molecule has 5 heteroatoms. The van der Waals surface area contributed by atoms with Gasteiger partial charge in [-0.15, -0.1) is 0 Å². The Balaban J connectivity index is 1.97. The Hall–Kier alpha value is -1.65. The molecule has 1 aliphatic rings. The molecular formula is C17H28N4O. The molecule has 22 heavy (non-hydrogen) atoms. The molecule has 1 N–H and O–H groups in total. The number of unbranched alkanes of at least 4 members (excludes halogenated alkanes) is 1. The van der Waals surface area contributed by atoms with Crippen LogP contribution in [0.15, 0.2) is 12.3 Å². The van der Waals surface area contributed by atoms with Crippen molar-refractivity contribution in [2.45, 2.75) is 64.3 Å². The highest BCUT2D eigenvalue weighted by molar-refractivity contribution is 5.92. The first-order valence-corrected chi connectivity index (χ1v) is 8.55. The van der Waals surface area contributed by atoms with E-state index in [9.17, 15) is 4.79 Å². The summed E-state index contributed by atoms with van der Waals surface area (Å²) in [6, 6.07) is 2.00. The van der Waals surface area contributed by atoms with Gasteiger partial charge in [0.1, 0.15) is 5.69 Å². The molecule has 1 aliphatic carbocycles. The summed E-state index contributed by atoms with van der Waals surface area (Å²) in [4.78, 5) is 23.1. The number of hydrogen-bond donors (Lipinski definition) is 1. The van der Waals surface area contributed by atoms with Crippen molar-refractivity contribution in [3.05, 3.63) is 18.0 Å². The van der Waals surface area contributed by atoms with Crippen LogP contribution < -0.4 is 10.2 Å². The summed E-state index contributed by atoms with van der Waals surface area (Å²) in [5.74, 6) is 0.557. The van der Waals surface area contributed by atoms with Crippen molar-refractivity contribution in [1.29, 1.82) is 0 Å². The van der Waals surface area contributed by atoms with Gasteiger partial charge in [0.25, 0.3) is 5.91 Å². The van der Waals surface area contributed by atoms with E-state index in [1.807, 2.05) is 11.9 Å². The molecule has 0 bridgehead atoms. The third-order valence-electron chi connectivity index (χ3n) is 4.25. The fraction of sp³-hybridized carbons (Fsp3) is 0.706. The molecule has 0 atom stereocenters. The molecule has 1 amide bonds. The third kappa shape index (κ3) is 4.97. The zero-order valence-corrected chi connectivity index (χ0v) is 13.8. The van der Waals surface area contributed by atoms with Gasteiger partial charge in [0, 0.05) is 25.8 Å². The second-order valence-electron chi connectivity index (χ2n) is 6.18. The molecule has 0 aliphatic heterocycles. The molecular weight excluding hydrogens is 276 g/mol. The van der Waals surface area contributed by atoms with E-state index in [4.69, 9.17) is 0 Å². The SMILES string of the molecule is CCCCN(C)c1nccc(C(=O)NC2CCCCCC2)n1. The lowest BCUT2D eigenvalue weighted by molar-refractivity contribution is 0.0928. The molecule has 0 unspecified atom stereocenters. The maximum Gasteiger partial charge on any atom is 0.270 e. The topological polar surface area (TPSA) is 58.1 Å². The van der Waals surface area contributed by atoms with Crippen LogP contribution in [0.2, 0.25) is 0 Å². The normalized spacial score (nSPS) is 16.1. The lowest BCUT2D eigenvalue weighted by Gasteiger charge is -2.18. The van der Waals surface area contributed by atoms with E-state index in [1.54, 1.807) is 12.3 Å². The molecule has 0 spiro atoms. The van der Waals surface area contributed by atoms with Crippen molar-refractivity contribution >= 4 is 11.9 Å². The summed E-state index contributed by atoms with van der Waals surface area (Å²) in [5, 5.41) is 3.14. The second kappa shape index (κ2) is 8.71. The number of aromatic nitrogens is 2. The van der Waals surface area contributed by atoms with E-state index >= 15 is 0 Å². The molecule has 1 saturated carbocycles. The van der Waals surface area contributed by atoms with Crippen molar-refractivity contribution < 1.29 is 4.79 Å². The first kappa shape index (κ1) is 16.7. The Morgan fingerprint density at radius 3 is 2.73 bits per heavy atom. The van der Waals surface area contributed by atoms with Crippen LogP contribution in [0, 0.1) is 0 Å². The maximum atomic E-state index is 12.4. The minimum atomic E-state index is -0.0700. The molecule has 5 nitrogen and oxygen atoms in total. The number of anilines is 1. The zero-order chi connectivity index (χ0) is 15.8. The average molecular weight is 304 g/mol. The van der Waals surface area contributed by atoms with Crippen LogP contribution >= 0.6 is 0 Å². The highest BCUT2D eigenvalue weighted by Gasteiger charge is 2.17. The number of rotatable bonds is 6. The summed E-state index contributed by atoms with van der Waals surface area (Å²) in [6.07, 6.45) is 11.1. The van der Waals surface area contributed by atoms with Crippen LogP contribution in [0.1, 0.15) is 68.8 Å². The number of carbonyl (C=O) groups excluding carboxylic acids is 1. The molecule has 2 rings (SSSR count). The van der Waals surface area contributed by atoms with Crippen molar-refractivity contribution in [3.8, 4) is 0 Å². The lowest BCUT2D eigenvalue weighted by Crippen LogP contribution is -2.35. The number of amides is 1. The van der Waals surface area contributed by atoms with Gasteiger partial charge >= 0.3 is 0 Å². The molecule has 122 valence electrons. The fourth-order valence-corrected chi connectivity index (χ4v) is 2.84. The van der Waals surface area contributed by atoms with Gasteiger partial charge in [-0.05, 0) is 25.3 Å². The van der Waals surface area contributed by atoms with Crippen molar-refractivity contribution in [3.63, 3.8) is 0 Å².